The molecule has 1 N–H and O–H groups in total. The Kier molecular flexibility index (Phi) is 4.27. The maximum Gasteiger partial charge on any atom is 0.105 e. The van der Waals surface area contributed by atoms with Crippen molar-refractivity contribution in [1.29, 1.82) is 0 Å². The van der Waals surface area contributed by atoms with Crippen LogP contribution < -0.4 is 5.32 Å². The summed E-state index contributed by atoms with van der Waals surface area (Å²) in [6.45, 7) is 7.68. The Bertz CT molecular complexity index is 344. The molecule has 1 aromatic heterocycles. The molecule has 2 rings (SSSR count). The minimum absolute atomic E-state index is 0.488. The first-order chi connectivity index (χ1) is 8.22. The van der Waals surface area contributed by atoms with E-state index >= 15 is 0 Å². The van der Waals surface area contributed by atoms with E-state index in [9.17, 15) is 0 Å². The Hall–Kier alpha value is -0.760. The Morgan fingerprint density at radius 1 is 1.47 bits per heavy atom. The molecule has 0 bridgehead atoms. The molecule has 1 saturated carbocycles. The van der Waals surface area contributed by atoms with Gasteiger partial charge in [-0.2, -0.15) is 0 Å². The fourth-order valence-electron chi connectivity index (χ4n) is 3.25. The van der Waals surface area contributed by atoms with Gasteiger partial charge in [0, 0.05) is 11.6 Å². The summed E-state index contributed by atoms with van der Waals surface area (Å²) in [6.07, 6.45) is 7.31. The smallest absolute Gasteiger partial charge is 0.105 e. The second-order valence-corrected chi connectivity index (χ2v) is 5.50. The monoisotopic (exact) mass is 235 g/mol. The number of rotatable bonds is 4. The molecule has 2 heteroatoms. The van der Waals surface area contributed by atoms with Crippen molar-refractivity contribution in [1.82, 2.24) is 5.32 Å². The van der Waals surface area contributed by atoms with Crippen molar-refractivity contribution in [3.63, 3.8) is 0 Å². The zero-order chi connectivity index (χ0) is 12.3. The number of hydrogen-bond donors (Lipinski definition) is 1. The highest BCUT2D eigenvalue weighted by Crippen LogP contribution is 2.38. The lowest BCUT2D eigenvalue weighted by Crippen LogP contribution is -2.31. The molecule has 1 fully saturated rings. The summed E-state index contributed by atoms with van der Waals surface area (Å²) in [4.78, 5) is 0. The number of furan rings is 1. The lowest BCUT2D eigenvalue weighted by molar-refractivity contribution is 0.224. The fourth-order valence-corrected chi connectivity index (χ4v) is 3.25. The fraction of sp³-hybridized carbons (Fsp3) is 0.733. The Morgan fingerprint density at radius 3 is 2.88 bits per heavy atom. The van der Waals surface area contributed by atoms with Crippen LogP contribution in [0.15, 0.2) is 16.7 Å². The van der Waals surface area contributed by atoms with Crippen LogP contribution in [0.25, 0.3) is 0 Å². The largest absolute Gasteiger partial charge is 0.469 e. The van der Waals surface area contributed by atoms with Crippen molar-refractivity contribution in [3.05, 3.63) is 23.7 Å². The van der Waals surface area contributed by atoms with Crippen molar-refractivity contribution in [3.8, 4) is 0 Å². The maximum atomic E-state index is 5.47. The van der Waals surface area contributed by atoms with Gasteiger partial charge in [-0.05, 0) is 44.2 Å². The normalized spacial score (nSPS) is 27.0. The molecule has 3 unspecified atom stereocenters. The van der Waals surface area contributed by atoms with Crippen molar-refractivity contribution in [2.24, 2.45) is 11.8 Å². The third-order valence-electron chi connectivity index (χ3n) is 4.11. The van der Waals surface area contributed by atoms with Crippen LogP contribution in [0.2, 0.25) is 0 Å². The zero-order valence-corrected chi connectivity index (χ0v) is 11.3. The maximum absolute atomic E-state index is 5.47. The highest BCUT2D eigenvalue weighted by atomic mass is 16.3. The average molecular weight is 235 g/mol. The molecular weight excluding hydrogens is 210 g/mol. The van der Waals surface area contributed by atoms with Gasteiger partial charge in [0.25, 0.3) is 0 Å². The minimum atomic E-state index is 0.488. The van der Waals surface area contributed by atoms with Gasteiger partial charge >= 0.3 is 0 Å². The van der Waals surface area contributed by atoms with Crippen molar-refractivity contribution in [2.45, 2.75) is 52.5 Å². The molecular formula is C15H25NO. The summed E-state index contributed by atoms with van der Waals surface area (Å²) >= 11 is 0. The SMILES string of the molecule is CCNC(c1ccoc1C)C1CCCC(C)C1. The van der Waals surface area contributed by atoms with Crippen molar-refractivity contribution in [2.75, 3.05) is 6.54 Å². The van der Waals surface area contributed by atoms with E-state index in [1.807, 2.05) is 6.26 Å². The lowest BCUT2D eigenvalue weighted by atomic mass is 9.76. The summed E-state index contributed by atoms with van der Waals surface area (Å²) in [5.74, 6) is 2.73. The molecule has 3 atom stereocenters. The second-order valence-electron chi connectivity index (χ2n) is 5.50. The van der Waals surface area contributed by atoms with E-state index in [4.69, 9.17) is 4.42 Å². The minimum Gasteiger partial charge on any atom is -0.469 e. The molecule has 1 aromatic rings. The summed E-state index contributed by atoms with van der Waals surface area (Å²) in [5, 5.41) is 3.66. The molecule has 1 heterocycles. The van der Waals surface area contributed by atoms with E-state index in [1.54, 1.807) is 0 Å². The summed E-state index contributed by atoms with van der Waals surface area (Å²) in [7, 11) is 0. The van der Waals surface area contributed by atoms with Crippen LogP contribution in [0.5, 0.6) is 0 Å². The van der Waals surface area contributed by atoms with E-state index in [2.05, 4.69) is 32.2 Å². The second kappa shape index (κ2) is 5.72. The van der Waals surface area contributed by atoms with E-state index < -0.39 is 0 Å². The van der Waals surface area contributed by atoms with Crippen LogP contribution in [-0.2, 0) is 0 Å². The molecule has 96 valence electrons. The van der Waals surface area contributed by atoms with E-state index in [0.29, 0.717) is 6.04 Å². The van der Waals surface area contributed by atoms with Crippen LogP contribution in [0.4, 0.5) is 0 Å². The molecule has 1 aliphatic carbocycles. The van der Waals surface area contributed by atoms with Crippen LogP contribution in [0, 0.1) is 18.8 Å². The average Bonchev–Trinajstić information content (AvgIpc) is 2.72. The van der Waals surface area contributed by atoms with Crippen LogP contribution in [0.1, 0.15) is 56.9 Å². The standard InChI is InChI=1S/C15H25NO/c1-4-16-15(14-8-9-17-12(14)3)13-7-5-6-11(2)10-13/h8-9,11,13,15-16H,4-7,10H2,1-3H3. The first kappa shape index (κ1) is 12.7. The van der Waals surface area contributed by atoms with E-state index in [0.717, 1.165) is 24.1 Å². The Morgan fingerprint density at radius 2 is 2.29 bits per heavy atom. The topological polar surface area (TPSA) is 25.2 Å². The van der Waals surface area contributed by atoms with Gasteiger partial charge in [0.15, 0.2) is 0 Å². The number of aryl methyl sites for hydroxylation is 1. The highest BCUT2D eigenvalue weighted by Gasteiger charge is 2.28. The molecule has 0 amide bonds. The van der Waals surface area contributed by atoms with Gasteiger partial charge in [0.05, 0.1) is 6.26 Å². The Labute approximate surface area is 105 Å². The van der Waals surface area contributed by atoms with Gasteiger partial charge in [-0.3, -0.25) is 0 Å². The first-order valence-electron chi connectivity index (χ1n) is 6.99. The van der Waals surface area contributed by atoms with Crippen molar-refractivity contribution >= 4 is 0 Å². The Balaban J connectivity index is 2.14. The third kappa shape index (κ3) is 2.92. The molecule has 0 radical (unpaired) electrons. The summed E-state index contributed by atoms with van der Waals surface area (Å²) in [5.41, 5.74) is 1.37. The zero-order valence-electron chi connectivity index (χ0n) is 11.3. The molecule has 0 spiro atoms. The van der Waals surface area contributed by atoms with Gasteiger partial charge in [-0.1, -0.05) is 26.7 Å². The van der Waals surface area contributed by atoms with E-state index in [-0.39, 0.29) is 0 Å². The van der Waals surface area contributed by atoms with Crippen molar-refractivity contribution < 1.29 is 4.42 Å². The third-order valence-corrected chi connectivity index (χ3v) is 4.11. The summed E-state index contributed by atoms with van der Waals surface area (Å²) in [6, 6.07) is 2.63. The van der Waals surface area contributed by atoms with Crippen LogP contribution >= 0.6 is 0 Å². The molecule has 17 heavy (non-hydrogen) atoms. The van der Waals surface area contributed by atoms with Crippen LogP contribution in [-0.4, -0.2) is 6.54 Å². The molecule has 0 aliphatic heterocycles. The molecule has 0 aromatic carbocycles. The van der Waals surface area contributed by atoms with Gasteiger partial charge < -0.3 is 9.73 Å². The quantitative estimate of drug-likeness (QED) is 0.851. The first-order valence-corrected chi connectivity index (χ1v) is 6.99. The molecule has 2 nitrogen and oxygen atoms in total. The number of hydrogen-bond acceptors (Lipinski definition) is 2. The highest BCUT2D eigenvalue weighted by molar-refractivity contribution is 5.21. The number of nitrogens with one attached hydrogen (secondary N) is 1. The van der Waals surface area contributed by atoms with Gasteiger partial charge in [-0.25, -0.2) is 0 Å². The predicted octanol–water partition coefficient (Wildman–Crippen LogP) is 4.06. The molecule has 1 aliphatic rings. The van der Waals surface area contributed by atoms with Crippen LogP contribution in [0.3, 0.4) is 0 Å². The lowest BCUT2D eigenvalue weighted by Gasteiger charge is -2.33. The molecule has 0 saturated heterocycles. The summed E-state index contributed by atoms with van der Waals surface area (Å²) < 4.78 is 5.47. The van der Waals surface area contributed by atoms with Gasteiger partial charge in [0.2, 0.25) is 0 Å². The predicted molar refractivity (Wildman–Crippen MR) is 71.0 cm³/mol. The van der Waals surface area contributed by atoms with Gasteiger partial charge in [0.1, 0.15) is 5.76 Å². The van der Waals surface area contributed by atoms with Gasteiger partial charge in [-0.15, -0.1) is 0 Å². The van der Waals surface area contributed by atoms with E-state index in [1.165, 1.54) is 31.2 Å².